The molecule has 21 heavy (non-hydrogen) atoms. The molecule has 0 amide bonds. The normalized spacial score (nSPS) is 10.5. The lowest BCUT2D eigenvalue weighted by atomic mass is 10.1. The average Bonchev–Trinajstić information content (AvgIpc) is 2.92. The molecule has 0 saturated carbocycles. The Morgan fingerprint density at radius 1 is 1.05 bits per heavy atom. The van der Waals surface area contributed by atoms with Crippen LogP contribution in [-0.2, 0) is 6.42 Å². The Labute approximate surface area is 121 Å². The van der Waals surface area contributed by atoms with Crippen LogP contribution in [0.25, 0.3) is 5.69 Å². The summed E-state index contributed by atoms with van der Waals surface area (Å²) in [6, 6.07) is 15.8. The number of aromatic nitrogens is 2. The van der Waals surface area contributed by atoms with Crippen LogP contribution in [-0.4, -0.2) is 16.1 Å². The Morgan fingerprint density at radius 3 is 2.43 bits per heavy atom. The van der Waals surface area contributed by atoms with Crippen molar-refractivity contribution in [3.8, 4) is 5.69 Å². The lowest BCUT2D eigenvalue weighted by molar-refractivity contribution is 0.112. The highest BCUT2D eigenvalue weighted by atomic mass is 19.1. The van der Waals surface area contributed by atoms with Gasteiger partial charge in [0.2, 0.25) is 0 Å². The third-order valence-corrected chi connectivity index (χ3v) is 3.26. The third-order valence-electron chi connectivity index (χ3n) is 3.26. The summed E-state index contributed by atoms with van der Waals surface area (Å²) in [5.41, 5.74) is 3.06. The van der Waals surface area contributed by atoms with Crippen LogP contribution in [0.3, 0.4) is 0 Å². The van der Waals surface area contributed by atoms with Crippen molar-refractivity contribution < 1.29 is 9.18 Å². The van der Waals surface area contributed by atoms with Crippen molar-refractivity contribution in [2.24, 2.45) is 0 Å². The van der Waals surface area contributed by atoms with Gasteiger partial charge in [-0.3, -0.25) is 4.79 Å². The molecule has 0 unspecified atom stereocenters. The van der Waals surface area contributed by atoms with Crippen LogP contribution in [0.15, 0.2) is 60.8 Å². The SMILES string of the molecule is O=Cc1cn(-c2ccc(F)cc2)nc1Cc1ccccc1. The first-order valence-corrected chi connectivity index (χ1v) is 6.60. The highest BCUT2D eigenvalue weighted by Crippen LogP contribution is 2.15. The quantitative estimate of drug-likeness (QED) is 0.686. The van der Waals surface area contributed by atoms with Crippen molar-refractivity contribution in [2.45, 2.75) is 6.42 Å². The highest BCUT2D eigenvalue weighted by Gasteiger charge is 2.10. The average molecular weight is 280 g/mol. The Kier molecular flexibility index (Phi) is 3.60. The van der Waals surface area contributed by atoms with Gasteiger partial charge in [-0.05, 0) is 29.8 Å². The van der Waals surface area contributed by atoms with Gasteiger partial charge in [-0.25, -0.2) is 9.07 Å². The van der Waals surface area contributed by atoms with E-state index < -0.39 is 0 Å². The van der Waals surface area contributed by atoms with Crippen molar-refractivity contribution in [1.82, 2.24) is 9.78 Å². The standard InChI is InChI=1S/C17H13FN2O/c18-15-6-8-16(9-7-15)20-11-14(12-21)17(19-20)10-13-4-2-1-3-5-13/h1-9,11-12H,10H2. The number of aldehydes is 1. The molecule has 0 N–H and O–H groups in total. The smallest absolute Gasteiger partial charge is 0.153 e. The van der Waals surface area contributed by atoms with Crippen molar-refractivity contribution in [3.63, 3.8) is 0 Å². The summed E-state index contributed by atoms with van der Waals surface area (Å²) in [6.07, 6.45) is 3.05. The fourth-order valence-electron chi connectivity index (χ4n) is 2.17. The van der Waals surface area contributed by atoms with Crippen LogP contribution in [0.4, 0.5) is 4.39 Å². The van der Waals surface area contributed by atoms with Crippen molar-refractivity contribution >= 4 is 6.29 Å². The molecule has 4 heteroatoms. The van der Waals surface area contributed by atoms with Gasteiger partial charge in [0, 0.05) is 12.6 Å². The number of hydrogen-bond acceptors (Lipinski definition) is 2. The van der Waals surface area contributed by atoms with Gasteiger partial charge >= 0.3 is 0 Å². The van der Waals surface area contributed by atoms with E-state index in [2.05, 4.69) is 5.10 Å². The molecule has 3 nitrogen and oxygen atoms in total. The molecule has 104 valence electrons. The highest BCUT2D eigenvalue weighted by molar-refractivity contribution is 5.76. The molecule has 0 bridgehead atoms. The molecule has 0 fully saturated rings. The van der Waals surface area contributed by atoms with E-state index in [0.717, 1.165) is 17.5 Å². The predicted molar refractivity (Wildman–Crippen MR) is 78.2 cm³/mol. The van der Waals surface area contributed by atoms with E-state index >= 15 is 0 Å². The summed E-state index contributed by atoms with van der Waals surface area (Å²) in [7, 11) is 0. The van der Waals surface area contributed by atoms with Gasteiger partial charge < -0.3 is 0 Å². The number of benzene rings is 2. The molecule has 0 radical (unpaired) electrons. The van der Waals surface area contributed by atoms with Crippen LogP contribution < -0.4 is 0 Å². The van der Waals surface area contributed by atoms with Gasteiger partial charge in [0.05, 0.1) is 16.9 Å². The van der Waals surface area contributed by atoms with Gasteiger partial charge in [-0.1, -0.05) is 30.3 Å². The molecule has 0 aliphatic heterocycles. The van der Waals surface area contributed by atoms with E-state index in [9.17, 15) is 9.18 Å². The first-order valence-electron chi connectivity index (χ1n) is 6.60. The fourth-order valence-corrected chi connectivity index (χ4v) is 2.17. The molecule has 0 atom stereocenters. The van der Waals surface area contributed by atoms with E-state index in [-0.39, 0.29) is 5.82 Å². The molecule has 0 aliphatic carbocycles. The monoisotopic (exact) mass is 280 g/mol. The Bertz CT molecular complexity index is 748. The summed E-state index contributed by atoms with van der Waals surface area (Å²) >= 11 is 0. The molecule has 3 rings (SSSR count). The zero-order chi connectivity index (χ0) is 14.7. The predicted octanol–water partition coefficient (Wildman–Crippen LogP) is 3.41. The number of nitrogens with zero attached hydrogens (tertiary/aromatic N) is 2. The summed E-state index contributed by atoms with van der Waals surface area (Å²) in [5, 5.41) is 4.44. The van der Waals surface area contributed by atoms with Gasteiger partial charge in [-0.2, -0.15) is 5.10 Å². The minimum atomic E-state index is -0.300. The molecule has 0 spiro atoms. The lowest BCUT2D eigenvalue weighted by Crippen LogP contribution is -1.97. The first-order chi connectivity index (χ1) is 10.3. The molecule has 1 heterocycles. The Balaban J connectivity index is 1.94. The Morgan fingerprint density at radius 2 is 1.76 bits per heavy atom. The third kappa shape index (κ3) is 2.89. The topological polar surface area (TPSA) is 34.9 Å². The van der Waals surface area contributed by atoms with E-state index in [1.165, 1.54) is 12.1 Å². The maximum atomic E-state index is 13.0. The molecular formula is C17H13FN2O. The van der Waals surface area contributed by atoms with Crippen LogP contribution >= 0.6 is 0 Å². The number of carbonyl (C=O) groups is 1. The zero-order valence-corrected chi connectivity index (χ0v) is 11.2. The molecular weight excluding hydrogens is 267 g/mol. The summed E-state index contributed by atoms with van der Waals surface area (Å²) in [6.45, 7) is 0. The molecule has 0 saturated heterocycles. The number of rotatable bonds is 4. The first kappa shape index (κ1) is 13.2. The van der Waals surface area contributed by atoms with Crippen molar-refractivity contribution in [2.75, 3.05) is 0 Å². The zero-order valence-electron chi connectivity index (χ0n) is 11.2. The van der Waals surface area contributed by atoms with Crippen LogP contribution in [0.2, 0.25) is 0 Å². The molecule has 2 aromatic carbocycles. The van der Waals surface area contributed by atoms with E-state index in [1.54, 1.807) is 23.0 Å². The Hall–Kier alpha value is -2.75. The van der Waals surface area contributed by atoms with Gasteiger partial charge in [0.25, 0.3) is 0 Å². The number of halogens is 1. The van der Waals surface area contributed by atoms with Gasteiger partial charge in [0.1, 0.15) is 5.82 Å². The van der Waals surface area contributed by atoms with Crippen LogP contribution in [0.1, 0.15) is 21.6 Å². The van der Waals surface area contributed by atoms with E-state index in [0.29, 0.717) is 17.7 Å². The second kappa shape index (κ2) is 5.71. The van der Waals surface area contributed by atoms with E-state index in [4.69, 9.17) is 0 Å². The summed E-state index contributed by atoms with van der Waals surface area (Å²) in [4.78, 5) is 11.2. The van der Waals surface area contributed by atoms with Crippen molar-refractivity contribution in [1.29, 1.82) is 0 Å². The largest absolute Gasteiger partial charge is 0.298 e. The maximum absolute atomic E-state index is 13.0. The molecule has 1 aromatic heterocycles. The van der Waals surface area contributed by atoms with Gasteiger partial charge in [0.15, 0.2) is 6.29 Å². The number of carbonyl (C=O) groups excluding carboxylic acids is 1. The minimum Gasteiger partial charge on any atom is -0.298 e. The van der Waals surface area contributed by atoms with Crippen LogP contribution in [0.5, 0.6) is 0 Å². The maximum Gasteiger partial charge on any atom is 0.153 e. The second-order valence-corrected chi connectivity index (χ2v) is 4.73. The summed E-state index contributed by atoms with van der Waals surface area (Å²) < 4.78 is 14.6. The van der Waals surface area contributed by atoms with Gasteiger partial charge in [-0.15, -0.1) is 0 Å². The summed E-state index contributed by atoms with van der Waals surface area (Å²) in [5.74, 6) is -0.300. The van der Waals surface area contributed by atoms with Crippen LogP contribution in [0, 0.1) is 5.82 Å². The molecule has 0 aliphatic rings. The molecule has 3 aromatic rings. The fraction of sp³-hybridized carbons (Fsp3) is 0.0588. The van der Waals surface area contributed by atoms with E-state index in [1.807, 2.05) is 30.3 Å². The number of hydrogen-bond donors (Lipinski definition) is 0. The minimum absolute atomic E-state index is 0.300. The lowest BCUT2D eigenvalue weighted by Gasteiger charge is -2.01. The van der Waals surface area contributed by atoms with Crippen molar-refractivity contribution in [3.05, 3.63) is 83.4 Å². The second-order valence-electron chi connectivity index (χ2n) is 4.73.